The lowest BCUT2D eigenvalue weighted by Gasteiger charge is -2.11. The maximum atomic E-state index is 12.8. The van der Waals surface area contributed by atoms with Crippen LogP contribution in [0.5, 0.6) is 5.75 Å². The van der Waals surface area contributed by atoms with Crippen molar-refractivity contribution in [2.24, 2.45) is 0 Å². The van der Waals surface area contributed by atoms with Crippen molar-refractivity contribution in [3.8, 4) is 16.9 Å². The minimum Gasteiger partial charge on any atom is -0.496 e. The van der Waals surface area contributed by atoms with Crippen LogP contribution in [0.1, 0.15) is 12.0 Å². The van der Waals surface area contributed by atoms with E-state index in [0.29, 0.717) is 11.1 Å². The van der Waals surface area contributed by atoms with Gasteiger partial charge in [0.05, 0.1) is 24.4 Å². The number of benzene rings is 1. The lowest BCUT2D eigenvalue weighted by molar-refractivity contribution is 0.147. The molecule has 0 saturated heterocycles. The van der Waals surface area contributed by atoms with Crippen LogP contribution in [0.2, 0.25) is 0 Å². The van der Waals surface area contributed by atoms with E-state index in [1.807, 2.05) is 0 Å². The number of nitrogen functional groups attached to an aromatic ring is 1. The summed E-state index contributed by atoms with van der Waals surface area (Å²) in [5.74, 6) is 0.145. The summed E-state index contributed by atoms with van der Waals surface area (Å²) < 4.78 is 35.3. The monoisotopic (exact) mass is 240 g/mol. The summed E-state index contributed by atoms with van der Waals surface area (Å²) in [5, 5.41) is 3.50. The molecule has 1 aromatic carbocycles. The molecule has 0 aliphatic heterocycles. The van der Waals surface area contributed by atoms with Gasteiger partial charge >= 0.3 is 0 Å². The number of aromatic nitrogens is 1. The molecule has 90 valence electrons. The number of hydrogen-bond acceptors (Lipinski definition) is 4. The van der Waals surface area contributed by atoms with Crippen LogP contribution < -0.4 is 10.5 Å². The summed E-state index contributed by atoms with van der Waals surface area (Å²) in [7, 11) is 1.33. The number of para-hydroxylation sites is 1. The standard InChI is InChI=1S/C11H10F2N2O2/c1-16-9-6(8-5-15-17-11(8)14)3-2-4-7(9)10(12)13/h2-5,10H,14H2,1H3. The Bertz CT molecular complexity index is 526. The van der Waals surface area contributed by atoms with Crippen molar-refractivity contribution in [2.75, 3.05) is 12.8 Å². The largest absolute Gasteiger partial charge is 0.496 e. The van der Waals surface area contributed by atoms with Gasteiger partial charge in [0.15, 0.2) is 0 Å². The highest BCUT2D eigenvalue weighted by Gasteiger charge is 2.20. The topological polar surface area (TPSA) is 61.3 Å². The molecule has 2 N–H and O–H groups in total. The van der Waals surface area contributed by atoms with Gasteiger partial charge in [-0.2, -0.15) is 0 Å². The summed E-state index contributed by atoms with van der Waals surface area (Å²) in [6.45, 7) is 0. The molecule has 2 rings (SSSR count). The summed E-state index contributed by atoms with van der Waals surface area (Å²) in [6, 6.07) is 4.43. The van der Waals surface area contributed by atoms with Crippen LogP contribution >= 0.6 is 0 Å². The lowest BCUT2D eigenvalue weighted by Crippen LogP contribution is -1.96. The molecule has 2 aromatic rings. The molecule has 6 heteroatoms. The van der Waals surface area contributed by atoms with Gasteiger partial charge in [-0.3, -0.25) is 0 Å². The fourth-order valence-electron chi connectivity index (χ4n) is 1.62. The quantitative estimate of drug-likeness (QED) is 0.896. The van der Waals surface area contributed by atoms with Crippen LogP contribution in [0.25, 0.3) is 11.1 Å². The highest BCUT2D eigenvalue weighted by Crippen LogP contribution is 2.39. The van der Waals surface area contributed by atoms with Gasteiger partial charge in [0, 0.05) is 5.56 Å². The molecule has 0 fully saturated rings. The van der Waals surface area contributed by atoms with Crippen molar-refractivity contribution in [1.82, 2.24) is 5.16 Å². The number of hydrogen-bond donors (Lipinski definition) is 1. The SMILES string of the molecule is COc1c(-c2cnoc2N)cccc1C(F)F. The van der Waals surface area contributed by atoms with Crippen molar-refractivity contribution in [1.29, 1.82) is 0 Å². The fourth-order valence-corrected chi connectivity index (χ4v) is 1.62. The molecule has 0 unspecified atom stereocenters. The summed E-state index contributed by atoms with van der Waals surface area (Å²) >= 11 is 0. The highest BCUT2D eigenvalue weighted by molar-refractivity contribution is 5.78. The average molecular weight is 240 g/mol. The fraction of sp³-hybridized carbons (Fsp3) is 0.182. The highest BCUT2D eigenvalue weighted by atomic mass is 19.3. The third-order valence-corrected chi connectivity index (χ3v) is 2.37. The molecule has 0 atom stereocenters. The first-order valence-corrected chi connectivity index (χ1v) is 4.80. The molecule has 0 bridgehead atoms. The van der Waals surface area contributed by atoms with Crippen LogP contribution in [0.4, 0.5) is 14.7 Å². The molecule has 0 aliphatic rings. The van der Waals surface area contributed by atoms with Gasteiger partial charge in [0.2, 0.25) is 5.88 Å². The van der Waals surface area contributed by atoms with E-state index in [1.54, 1.807) is 6.07 Å². The van der Waals surface area contributed by atoms with Crippen LogP contribution in [-0.2, 0) is 0 Å². The Morgan fingerprint density at radius 2 is 2.12 bits per heavy atom. The third kappa shape index (κ3) is 1.93. The number of nitrogens with zero attached hydrogens (tertiary/aromatic N) is 1. The smallest absolute Gasteiger partial charge is 0.267 e. The Hall–Kier alpha value is -2.11. The van der Waals surface area contributed by atoms with E-state index in [9.17, 15) is 8.78 Å². The van der Waals surface area contributed by atoms with Crippen molar-refractivity contribution in [3.63, 3.8) is 0 Å². The maximum absolute atomic E-state index is 12.8. The number of halogens is 2. The Morgan fingerprint density at radius 1 is 1.35 bits per heavy atom. The third-order valence-electron chi connectivity index (χ3n) is 2.37. The molecule has 4 nitrogen and oxygen atoms in total. The number of methoxy groups -OCH3 is 1. The van der Waals surface area contributed by atoms with Gasteiger partial charge in [-0.15, -0.1) is 0 Å². The van der Waals surface area contributed by atoms with Crippen molar-refractivity contribution >= 4 is 5.88 Å². The molecule has 0 amide bonds. The summed E-state index contributed by atoms with van der Waals surface area (Å²) in [6.07, 6.45) is -1.26. The molecule has 0 aliphatic carbocycles. The number of anilines is 1. The zero-order chi connectivity index (χ0) is 12.4. The lowest BCUT2D eigenvalue weighted by atomic mass is 10.0. The average Bonchev–Trinajstić information content (AvgIpc) is 2.74. The summed E-state index contributed by atoms with van der Waals surface area (Å²) in [5.41, 5.74) is 6.23. The minimum atomic E-state index is -2.62. The molecule has 0 radical (unpaired) electrons. The second-order valence-electron chi connectivity index (χ2n) is 3.33. The van der Waals surface area contributed by atoms with Crippen molar-refractivity contribution in [2.45, 2.75) is 6.43 Å². The van der Waals surface area contributed by atoms with Crippen molar-refractivity contribution in [3.05, 3.63) is 30.0 Å². The van der Waals surface area contributed by atoms with Crippen molar-refractivity contribution < 1.29 is 18.0 Å². The number of alkyl halides is 2. The zero-order valence-electron chi connectivity index (χ0n) is 8.98. The van der Waals surface area contributed by atoms with Gasteiger partial charge in [-0.25, -0.2) is 8.78 Å². The normalized spacial score (nSPS) is 10.8. The van der Waals surface area contributed by atoms with Gasteiger partial charge < -0.3 is 15.0 Å². The van der Waals surface area contributed by atoms with E-state index in [0.717, 1.165) is 0 Å². The first-order valence-electron chi connectivity index (χ1n) is 4.80. The summed E-state index contributed by atoms with van der Waals surface area (Å²) in [4.78, 5) is 0. The number of nitrogens with two attached hydrogens (primary N) is 1. The Morgan fingerprint density at radius 3 is 2.65 bits per heavy atom. The Balaban J connectivity index is 2.62. The van der Waals surface area contributed by atoms with E-state index in [1.165, 1.54) is 25.4 Å². The van der Waals surface area contributed by atoms with Gasteiger partial charge in [-0.1, -0.05) is 17.3 Å². The van der Waals surface area contributed by atoms with Gasteiger partial charge in [0.25, 0.3) is 6.43 Å². The van der Waals surface area contributed by atoms with Gasteiger partial charge in [-0.05, 0) is 6.07 Å². The number of ether oxygens (including phenoxy) is 1. The predicted octanol–water partition coefficient (Wildman–Crippen LogP) is 2.87. The van der Waals surface area contributed by atoms with Gasteiger partial charge in [0.1, 0.15) is 5.75 Å². The van der Waals surface area contributed by atoms with E-state index < -0.39 is 6.43 Å². The first-order chi connectivity index (χ1) is 8.15. The molecular formula is C11H10F2N2O2. The molecule has 1 heterocycles. The number of rotatable bonds is 3. The first kappa shape index (κ1) is 11.4. The predicted molar refractivity (Wildman–Crippen MR) is 57.9 cm³/mol. The molecular weight excluding hydrogens is 230 g/mol. The van der Waals surface area contributed by atoms with E-state index in [2.05, 4.69) is 5.16 Å². The molecule has 1 aromatic heterocycles. The molecule has 0 spiro atoms. The molecule has 17 heavy (non-hydrogen) atoms. The Labute approximate surface area is 96.0 Å². The Kier molecular flexibility index (Phi) is 2.95. The van der Waals surface area contributed by atoms with E-state index in [4.69, 9.17) is 15.0 Å². The van der Waals surface area contributed by atoms with Crippen LogP contribution in [0, 0.1) is 0 Å². The molecule has 0 saturated carbocycles. The van der Waals surface area contributed by atoms with Crippen LogP contribution in [0.15, 0.2) is 28.9 Å². The van der Waals surface area contributed by atoms with Crippen LogP contribution in [0.3, 0.4) is 0 Å². The van der Waals surface area contributed by atoms with E-state index in [-0.39, 0.29) is 17.2 Å². The minimum absolute atomic E-state index is 0.0646. The zero-order valence-corrected chi connectivity index (χ0v) is 8.98. The second kappa shape index (κ2) is 4.40. The van der Waals surface area contributed by atoms with E-state index >= 15 is 0 Å². The second-order valence-corrected chi connectivity index (χ2v) is 3.33. The maximum Gasteiger partial charge on any atom is 0.267 e. The van der Waals surface area contributed by atoms with Crippen LogP contribution in [-0.4, -0.2) is 12.3 Å².